The summed E-state index contributed by atoms with van der Waals surface area (Å²) < 4.78 is 5.41. The highest BCUT2D eigenvalue weighted by Gasteiger charge is 2.29. The molecule has 0 spiro atoms. The third-order valence-electron chi connectivity index (χ3n) is 5.23. The van der Waals surface area contributed by atoms with Gasteiger partial charge in [0, 0.05) is 31.6 Å². The van der Waals surface area contributed by atoms with Gasteiger partial charge in [0.2, 0.25) is 5.91 Å². The molecule has 0 bridgehead atoms. The molecule has 0 radical (unpaired) electrons. The summed E-state index contributed by atoms with van der Waals surface area (Å²) in [6.07, 6.45) is 3.13. The molecule has 2 aliphatic rings. The van der Waals surface area contributed by atoms with Gasteiger partial charge in [0.15, 0.2) is 0 Å². The molecule has 2 rings (SSSR count). The zero-order valence-electron chi connectivity index (χ0n) is 14.5. The minimum absolute atomic E-state index is 0.00489. The summed E-state index contributed by atoms with van der Waals surface area (Å²) >= 11 is 0. The summed E-state index contributed by atoms with van der Waals surface area (Å²) in [5.74, 6) is 1.30. The fourth-order valence-electron chi connectivity index (χ4n) is 3.49. The van der Waals surface area contributed by atoms with Gasteiger partial charge in [-0.3, -0.25) is 9.69 Å². The number of hydrogen-bond donors (Lipinski definition) is 2. The Morgan fingerprint density at radius 3 is 2.77 bits per heavy atom. The Labute approximate surface area is 135 Å². The third kappa shape index (κ3) is 5.21. The Morgan fingerprint density at radius 1 is 1.41 bits per heavy atom. The Morgan fingerprint density at radius 2 is 2.14 bits per heavy atom. The van der Waals surface area contributed by atoms with Gasteiger partial charge in [-0.15, -0.1) is 0 Å². The fourth-order valence-corrected chi connectivity index (χ4v) is 3.49. The topological polar surface area (TPSA) is 53.6 Å². The van der Waals surface area contributed by atoms with Crippen LogP contribution in [0.25, 0.3) is 0 Å². The average molecular weight is 311 g/mol. The molecule has 2 unspecified atom stereocenters. The lowest BCUT2D eigenvalue weighted by atomic mass is 9.85. The van der Waals surface area contributed by atoms with Crippen molar-refractivity contribution in [2.24, 2.45) is 11.8 Å². The van der Waals surface area contributed by atoms with Gasteiger partial charge in [0.25, 0.3) is 0 Å². The van der Waals surface area contributed by atoms with Crippen molar-refractivity contribution in [2.75, 3.05) is 45.9 Å². The van der Waals surface area contributed by atoms with Gasteiger partial charge in [-0.2, -0.15) is 0 Å². The van der Waals surface area contributed by atoms with Crippen LogP contribution in [0.2, 0.25) is 0 Å². The summed E-state index contributed by atoms with van der Waals surface area (Å²) in [6, 6.07) is 0. The number of amides is 1. The van der Waals surface area contributed by atoms with E-state index in [-0.39, 0.29) is 11.4 Å². The number of morpholine rings is 1. The SMILES string of the molecule is CC(CC(=O)NCC(C)(C)N1CCOCC1)C1CCCNC1. The highest BCUT2D eigenvalue weighted by Crippen LogP contribution is 2.22. The molecule has 0 aromatic heterocycles. The number of hydrogen-bond acceptors (Lipinski definition) is 4. The molecule has 2 heterocycles. The second-order valence-electron chi connectivity index (χ2n) is 7.48. The number of carbonyl (C=O) groups is 1. The van der Waals surface area contributed by atoms with Crippen LogP contribution in [0.3, 0.4) is 0 Å². The summed E-state index contributed by atoms with van der Waals surface area (Å²) in [6.45, 7) is 13.0. The van der Waals surface area contributed by atoms with Gasteiger partial charge in [0.1, 0.15) is 0 Å². The fraction of sp³-hybridized carbons (Fsp3) is 0.941. The molecule has 2 fully saturated rings. The second-order valence-corrected chi connectivity index (χ2v) is 7.48. The van der Waals surface area contributed by atoms with Gasteiger partial charge in [-0.05, 0) is 51.6 Å². The van der Waals surface area contributed by atoms with Crippen LogP contribution in [0.15, 0.2) is 0 Å². The van der Waals surface area contributed by atoms with Crippen LogP contribution in [0.1, 0.15) is 40.0 Å². The van der Waals surface area contributed by atoms with Crippen LogP contribution in [-0.2, 0) is 9.53 Å². The van der Waals surface area contributed by atoms with Crippen LogP contribution in [-0.4, -0.2) is 62.3 Å². The molecular weight excluding hydrogens is 278 g/mol. The highest BCUT2D eigenvalue weighted by atomic mass is 16.5. The van der Waals surface area contributed by atoms with Gasteiger partial charge < -0.3 is 15.4 Å². The Bertz CT molecular complexity index is 348. The van der Waals surface area contributed by atoms with E-state index in [1.165, 1.54) is 12.8 Å². The molecule has 5 heteroatoms. The van der Waals surface area contributed by atoms with Crippen molar-refractivity contribution < 1.29 is 9.53 Å². The number of ether oxygens (including phenoxy) is 1. The highest BCUT2D eigenvalue weighted by molar-refractivity contribution is 5.76. The monoisotopic (exact) mass is 311 g/mol. The Kier molecular flexibility index (Phi) is 6.66. The van der Waals surface area contributed by atoms with E-state index < -0.39 is 0 Å². The largest absolute Gasteiger partial charge is 0.379 e. The van der Waals surface area contributed by atoms with Crippen molar-refractivity contribution >= 4 is 5.91 Å². The van der Waals surface area contributed by atoms with Crippen molar-refractivity contribution in [3.63, 3.8) is 0 Å². The van der Waals surface area contributed by atoms with E-state index in [2.05, 4.69) is 36.3 Å². The summed E-state index contributed by atoms with van der Waals surface area (Å²) in [4.78, 5) is 14.7. The van der Waals surface area contributed by atoms with Crippen LogP contribution in [0, 0.1) is 11.8 Å². The van der Waals surface area contributed by atoms with Crippen molar-refractivity contribution in [3.8, 4) is 0 Å². The van der Waals surface area contributed by atoms with E-state index in [9.17, 15) is 4.79 Å². The maximum Gasteiger partial charge on any atom is 0.220 e. The summed E-state index contributed by atoms with van der Waals surface area (Å²) in [5, 5.41) is 6.59. The van der Waals surface area contributed by atoms with Crippen molar-refractivity contribution in [1.29, 1.82) is 0 Å². The van der Waals surface area contributed by atoms with Gasteiger partial charge >= 0.3 is 0 Å². The molecular formula is C17H33N3O2. The van der Waals surface area contributed by atoms with Gasteiger partial charge in [-0.25, -0.2) is 0 Å². The van der Waals surface area contributed by atoms with Crippen LogP contribution in [0.5, 0.6) is 0 Å². The number of rotatable bonds is 6. The number of piperidine rings is 1. The quantitative estimate of drug-likeness (QED) is 0.775. The molecule has 0 aromatic rings. The molecule has 2 saturated heterocycles. The second kappa shape index (κ2) is 8.27. The Hall–Kier alpha value is -0.650. The number of carbonyl (C=O) groups excluding carboxylic acids is 1. The van der Waals surface area contributed by atoms with Crippen molar-refractivity contribution in [2.45, 2.75) is 45.6 Å². The molecule has 2 aliphatic heterocycles. The first-order valence-electron chi connectivity index (χ1n) is 8.79. The minimum atomic E-state index is -0.00489. The zero-order chi connectivity index (χ0) is 16.0. The lowest BCUT2D eigenvalue weighted by molar-refractivity contribution is -0.123. The smallest absolute Gasteiger partial charge is 0.220 e. The standard InChI is InChI=1S/C17H33N3O2/c1-14(15-5-4-6-18-12-15)11-16(21)19-13-17(2,3)20-7-9-22-10-8-20/h14-15,18H,4-13H2,1-3H3,(H,19,21). The minimum Gasteiger partial charge on any atom is -0.379 e. The number of nitrogens with zero attached hydrogens (tertiary/aromatic N) is 1. The predicted molar refractivity (Wildman–Crippen MR) is 88.9 cm³/mol. The van der Waals surface area contributed by atoms with Gasteiger partial charge in [0.05, 0.1) is 13.2 Å². The summed E-state index contributed by atoms with van der Waals surface area (Å²) in [7, 11) is 0. The maximum atomic E-state index is 12.3. The van der Waals surface area contributed by atoms with Crippen LogP contribution >= 0.6 is 0 Å². The predicted octanol–water partition coefficient (Wildman–Crippen LogP) is 1.24. The third-order valence-corrected chi connectivity index (χ3v) is 5.23. The van der Waals surface area contributed by atoms with E-state index in [0.29, 0.717) is 24.8 Å². The first kappa shape index (κ1) is 17.7. The molecule has 128 valence electrons. The molecule has 0 aromatic carbocycles. The van der Waals surface area contributed by atoms with E-state index in [4.69, 9.17) is 4.74 Å². The molecule has 5 nitrogen and oxygen atoms in total. The van der Waals surface area contributed by atoms with Crippen LogP contribution < -0.4 is 10.6 Å². The molecule has 1 amide bonds. The first-order chi connectivity index (χ1) is 10.5. The average Bonchev–Trinajstić information content (AvgIpc) is 2.55. The lowest BCUT2D eigenvalue weighted by Gasteiger charge is -2.41. The van der Waals surface area contributed by atoms with E-state index in [0.717, 1.165) is 39.4 Å². The Balaban J connectivity index is 1.71. The van der Waals surface area contributed by atoms with Gasteiger partial charge in [-0.1, -0.05) is 6.92 Å². The molecule has 22 heavy (non-hydrogen) atoms. The first-order valence-corrected chi connectivity index (χ1v) is 8.79. The lowest BCUT2D eigenvalue weighted by Crippen LogP contribution is -2.55. The van der Waals surface area contributed by atoms with Crippen molar-refractivity contribution in [3.05, 3.63) is 0 Å². The maximum absolute atomic E-state index is 12.3. The summed E-state index contributed by atoms with van der Waals surface area (Å²) in [5.41, 5.74) is -0.00489. The van der Waals surface area contributed by atoms with Crippen molar-refractivity contribution in [1.82, 2.24) is 15.5 Å². The molecule has 0 aliphatic carbocycles. The molecule has 2 N–H and O–H groups in total. The van der Waals surface area contributed by atoms with Crippen LogP contribution in [0.4, 0.5) is 0 Å². The van der Waals surface area contributed by atoms with E-state index >= 15 is 0 Å². The van der Waals surface area contributed by atoms with E-state index in [1.807, 2.05) is 0 Å². The zero-order valence-corrected chi connectivity index (χ0v) is 14.5. The van der Waals surface area contributed by atoms with E-state index in [1.54, 1.807) is 0 Å². The number of nitrogens with one attached hydrogen (secondary N) is 2. The molecule has 0 saturated carbocycles. The normalized spacial score (nSPS) is 25.7. The molecule has 2 atom stereocenters.